The fourth-order valence-electron chi connectivity index (χ4n) is 3.67. The number of nitrogens with one attached hydrogen (secondary N) is 1. The Morgan fingerprint density at radius 1 is 1.17 bits per heavy atom. The molecule has 1 aromatic carbocycles. The van der Waals surface area contributed by atoms with Crippen molar-refractivity contribution in [3.63, 3.8) is 0 Å². The minimum absolute atomic E-state index is 0.0955. The Kier molecular flexibility index (Phi) is 6.23. The molecule has 1 aliphatic rings. The number of carbonyl (C=O) groups is 2. The molecule has 0 radical (unpaired) electrons. The van der Waals surface area contributed by atoms with E-state index in [-0.39, 0.29) is 18.3 Å². The molecule has 0 saturated carbocycles. The second kappa shape index (κ2) is 9.21. The lowest BCUT2D eigenvalue weighted by Gasteiger charge is -2.08. The Bertz CT molecular complexity index is 1040. The number of aromatic nitrogens is 3. The van der Waals surface area contributed by atoms with Crippen LogP contribution in [0.4, 0.5) is 5.13 Å². The van der Waals surface area contributed by atoms with E-state index < -0.39 is 0 Å². The number of nitrogens with zero attached hydrogens (tertiary/aromatic N) is 3. The number of thiazole rings is 1. The number of fused-ring (bicyclic) bond motifs is 1. The van der Waals surface area contributed by atoms with Gasteiger partial charge in [0, 0.05) is 17.5 Å². The molecule has 0 bridgehead atoms. The molecule has 3 aromatic rings. The van der Waals surface area contributed by atoms with Crippen molar-refractivity contribution in [2.24, 2.45) is 0 Å². The highest BCUT2D eigenvalue weighted by Gasteiger charge is 2.25. The normalized spacial score (nSPS) is 13.4. The molecule has 4 rings (SSSR count). The SMILES string of the molecule is CCOC(=O)Cc1csc(NC(=O)c2nc(-c3ccccc3)n3c2CCCCC3)n1. The van der Waals surface area contributed by atoms with Crippen molar-refractivity contribution in [2.75, 3.05) is 11.9 Å². The van der Waals surface area contributed by atoms with Crippen molar-refractivity contribution in [2.45, 2.75) is 45.6 Å². The first-order valence-corrected chi connectivity index (χ1v) is 11.1. The molecule has 0 spiro atoms. The second-order valence-electron chi connectivity index (χ2n) is 7.14. The third-order valence-corrected chi connectivity index (χ3v) is 5.82. The number of carbonyl (C=O) groups excluding carboxylic acids is 2. The summed E-state index contributed by atoms with van der Waals surface area (Å²) in [6.45, 7) is 2.96. The lowest BCUT2D eigenvalue weighted by atomic mass is 10.1. The lowest BCUT2D eigenvalue weighted by Crippen LogP contribution is -2.15. The van der Waals surface area contributed by atoms with Gasteiger partial charge in [-0.25, -0.2) is 9.97 Å². The topological polar surface area (TPSA) is 86.1 Å². The second-order valence-corrected chi connectivity index (χ2v) is 8.00. The lowest BCUT2D eigenvalue weighted by molar-refractivity contribution is -0.142. The van der Waals surface area contributed by atoms with Gasteiger partial charge in [0.25, 0.3) is 5.91 Å². The Hall–Kier alpha value is -3.00. The summed E-state index contributed by atoms with van der Waals surface area (Å²) in [7, 11) is 0. The molecule has 2 aromatic heterocycles. The maximum absolute atomic E-state index is 13.1. The van der Waals surface area contributed by atoms with Gasteiger partial charge in [-0.3, -0.25) is 14.9 Å². The fraction of sp³-hybridized carbons (Fsp3) is 0.364. The minimum atomic E-state index is -0.326. The fourth-order valence-corrected chi connectivity index (χ4v) is 4.38. The summed E-state index contributed by atoms with van der Waals surface area (Å²) in [5.74, 6) is 0.243. The highest BCUT2D eigenvalue weighted by atomic mass is 32.1. The van der Waals surface area contributed by atoms with Crippen molar-refractivity contribution >= 4 is 28.3 Å². The van der Waals surface area contributed by atoms with E-state index in [9.17, 15) is 9.59 Å². The molecule has 0 fully saturated rings. The van der Waals surface area contributed by atoms with Gasteiger partial charge in [0.15, 0.2) is 5.13 Å². The molecule has 30 heavy (non-hydrogen) atoms. The van der Waals surface area contributed by atoms with Crippen molar-refractivity contribution in [3.8, 4) is 11.4 Å². The van der Waals surface area contributed by atoms with Crippen molar-refractivity contribution < 1.29 is 14.3 Å². The maximum atomic E-state index is 13.1. The average Bonchev–Trinajstić information content (AvgIpc) is 3.25. The predicted molar refractivity (Wildman–Crippen MR) is 116 cm³/mol. The summed E-state index contributed by atoms with van der Waals surface area (Å²) in [5.41, 5.74) is 3.03. The van der Waals surface area contributed by atoms with Crippen LogP contribution < -0.4 is 5.32 Å². The van der Waals surface area contributed by atoms with Crippen LogP contribution in [0.25, 0.3) is 11.4 Å². The standard InChI is InChI=1S/C22H24N4O3S/c1-2-29-18(27)13-16-14-30-22(23-16)25-21(28)19-17-11-7-4-8-12-26(17)20(24-19)15-9-5-3-6-10-15/h3,5-6,9-10,14H,2,4,7-8,11-13H2,1H3,(H,23,25,28). The van der Waals surface area contributed by atoms with E-state index in [0.717, 1.165) is 49.3 Å². The molecular formula is C22H24N4O3S. The number of esters is 1. The number of ether oxygens (including phenoxy) is 1. The number of anilines is 1. The molecule has 3 heterocycles. The van der Waals surface area contributed by atoms with Gasteiger partial charge in [-0.1, -0.05) is 36.8 Å². The van der Waals surface area contributed by atoms with E-state index in [2.05, 4.69) is 14.9 Å². The largest absolute Gasteiger partial charge is 0.466 e. The molecule has 7 nitrogen and oxygen atoms in total. The molecule has 1 amide bonds. The molecular weight excluding hydrogens is 400 g/mol. The van der Waals surface area contributed by atoms with Crippen molar-refractivity contribution in [1.29, 1.82) is 0 Å². The first-order valence-electron chi connectivity index (χ1n) is 10.2. The number of imidazole rings is 1. The van der Waals surface area contributed by atoms with Crippen LogP contribution >= 0.6 is 11.3 Å². The average molecular weight is 425 g/mol. The van der Waals surface area contributed by atoms with Gasteiger partial charge < -0.3 is 9.30 Å². The van der Waals surface area contributed by atoms with E-state index in [1.807, 2.05) is 30.3 Å². The van der Waals surface area contributed by atoms with Crippen LogP contribution in [-0.2, 0) is 28.9 Å². The van der Waals surface area contributed by atoms with Gasteiger partial charge in [-0.2, -0.15) is 0 Å². The van der Waals surface area contributed by atoms with Gasteiger partial charge in [0.1, 0.15) is 11.5 Å². The summed E-state index contributed by atoms with van der Waals surface area (Å²) in [4.78, 5) is 33.8. The summed E-state index contributed by atoms with van der Waals surface area (Å²) in [6, 6.07) is 9.97. The third kappa shape index (κ3) is 4.43. The molecule has 0 atom stereocenters. The number of hydrogen-bond acceptors (Lipinski definition) is 6. The Balaban J connectivity index is 1.58. The number of hydrogen-bond donors (Lipinski definition) is 1. The first-order chi connectivity index (χ1) is 14.7. The zero-order chi connectivity index (χ0) is 20.9. The van der Waals surface area contributed by atoms with Gasteiger partial charge in [0.05, 0.1) is 24.4 Å². The first kappa shape index (κ1) is 20.3. The molecule has 0 saturated heterocycles. The van der Waals surface area contributed by atoms with Crippen LogP contribution in [0.3, 0.4) is 0 Å². The summed E-state index contributed by atoms with van der Waals surface area (Å²) >= 11 is 1.29. The van der Waals surface area contributed by atoms with E-state index in [1.54, 1.807) is 12.3 Å². The van der Waals surface area contributed by atoms with E-state index in [0.29, 0.717) is 23.1 Å². The van der Waals surface area contributed by atoms with Crippen LogP contribution in [0.2, 0.25) is 0 Å². The molecule has 8 heteroatoms. The molecule has 156 valence electrons. The van der Waals surface area contributed by atoms with Crippen molar-refractivity contribution in [3.05, 3.63) is 52.8 Å². The Morgan fingerprint density at radius 2 is 2.00 bits per heavy atom. The highest BCUT2D eigenvalue weighted by molar-refractivity contribution is 7.14. The van der Waals surface area contributed by atoms with Crippen LogP contribution in [0.5, 0.6) is 0 Å². The van der Waals surface area contributed by atoms with Crippen LogP contribution in [0, 0.1) is 0 Å². The van der Waals surface area contributed by atoms with Crippen LogP contribution in [0.15, 0.2) is 35.7 Å². The minimum Gasteiger partial charge on any atom is -0.466 e. The zero-order valence-electron chi connectivity index (χ0n) is 16.9. The van der Waals surface area contributed by atoms with Crippen LogP contribution in [-0.4, -0.2) is 33.0 Å². The van der Waals surface area contributed by atoms with Gasteiger partial charge >= 0.3 is 5.97 Å². The van der Waals surface area contributed by atoms with Gasteiger partial charge in [-0.05, 0) is 26.2 Å². The molecule has 1 N–H and O–H groups in total. The van der Waals surface area contributed by atoms with E-state index in [1.165, 1.54) is 11.3 Å². The summed E-state index contributed by atoms with van der Waals surface area (Å²) < 4.78 is 7.14. The monoisotopic (exact) mass is 424 g/mol. The zero-order valence-corrected chi connectivity index (χ0v) is 17.7. The molecule has 0 aliphatic carbocycles. The molecule has 0 unspecified atom stereocenters. The predicted octanol–water partition coefficient (Wildman–Crippen LogP) is 4.09. The van der Waals surface area contributed by atoms with Crippen molar-refractivity contribution in [1.82, 2.24) is 14.5 Å². The number of amides is 1. The number of rotatable bonds is 6. The Labute approximate surface area is 179 Å². The summed E-state index contributed by atoms with van der Waals surface area (Å²) in [5, 5.41) is 5.07. The van der Waals surface area contributed by atoms with E-state index >= 15 is 0 Å². The number of benzene rings is 1. The quantitative estimate of drug-likeness (QED) is 0.602. The highest BCUT2D eigenvalue weighted by Crippen LogP contribution is 2.28. The molecule has 1 aliphatic heterocycles. The van der Waals surface area contributed by atoms with Crippen LogP contribution in [0.1, 0.15) is 48.1 Å². The third-order valence-electron chi connectivity index (χ3n) is 5.02. The van der Waals surface area contributed by atoms with E-state index in [4.69, 9.17) is 9.72 Å². The van der Waals surface area contributed by atoms with Gasteiger partial charge in [-0.15, -0.1) is 11.3 Å². The Morgan fingerprint density at radius 3 is 2.80 bits per heavy atom. The summed E-state index contributed by atoms with van der Waals surface area (Å²) in [6.07, 6.45) is 4.18. The van der Waals surface area contributed by atoms with Gasteiger partial charge in [0.2, 0.25) is 0 Å². The maximum Gasteiger partial charge on any atom is 0.311 e. The smallest absolute Gasteiger partial charge is 0.311 e.